The van der Waals surface area contributed by atoms with E-state index >= 15 is 0 Å². The van der Waals surface area contributed by atoms with Crippen molar-refractivity contribution in [1.82, 2.24) is 9.38 Å². The monoisotopic (exact) mass is 352 g/mol. The Balaban J connectivity index is 2.04. The van der Waals surface area contributed by atoms with Gasteiger partial charge in [-0.05, 0) is 56.2 Å². The Morgan fingerprint density at radius 2 is 2.04 bits per heavy atom. The van der Waals surface area contributed by atoms with Gasteiger partial charge in [0.15, 0.2) is 17.2 Å². The number of aromatic nitrogens is 2. The summed E-state index contributed by atoms with van der Waals surface area (Å²) in [5.41, 5.74) is 3.71. The van der Waals surface area contributed by atoms with E-state index < -0.39 is 5.97 Å². The Kier molecular flexibility index (Phi) is 4.97. The van der Waals surface area contributed by atoms with Gasteiger partial charge in [0.2, 0.25) is 0 Å². The van der Waals surface area contributed by atoms with Gasteiger partial charge in [-0.25, -0.2) is 4.98 Å². The van der Waals surface area contributed by atoms with Crippen molar-refractivity contribution in [3.05, 3.63) is 53.3 Å². The summed E-state index contributed by atoms with van der Waals surface area (Å²) in [5, 5.41) is 18.6. The normalized spacial score (nSPS) is 11.3. The second-order valence-corrected chi connectivity index (χ2v) is 5.92. The van der Waals surface area contributed by atoms with Crippen LogP contribution in [0.25, 0.3) is 5.65 Å². The van der Waals surface area contributed by atoms with Crippen LogP contribution in [0.5, 0.6) is 5.75 Å². The summed E-state index contributed by atoms with van der Waals surface area (Å²) in [6.07, 6.45) is 1.67. The van der Waals surface area contributed by atoms with Crippen LogP contribution in [0.4, 0.5) is 11.5 Å². The molecule has 0 aliphatic carbocycles. The van der Waals surface area contributed by atoms with Crippen molar-refractivity contribution in [2.45, 2.75) is 27.2 Å². The van der Waals surface area contributed by atoms with Crippen molar-refractivity contribution in [3.8, 4) is 5.75 Å². The molecule has 0 aliphatic rings. The third-order valence-electron chi connectivity index (χ3n) is 4.04. The molecule has 134 valence electrons. The first-order chi connectivity index (χ1) is 12.5. The number of hydrogen-bond donors (Lipinski definition) is 1. The lowest BCUT2D eigenvalue weighted by Crippen LogP contribution is -2.07. The molecule has 0 saturated carbocycles. The molecular formula is C19H20N4O3. The Hall–Kier alpha value is -3.22. The van der Waals surface area contributed by atoms with Crippen LogP contribution in [0, 0.1) is 13.8 Å². The smallest absolute Gasteiger partial charge is 0.312 e. The first-order valence-electron chi connectivity index (χ1n) is 8.33. The lowest BCUT2D eigenvalue weighted by Gasteiger charge is -2.02. The molecule has 0 aliphatic heterocycles. The number of azo groups is 1. The molecule has 0 unspecified atom stereocenters. The van der Waals surface area contributed by atoms with Gasteiger partial charge < -0.3 is 9.84 Å². The average Bonchev–Trinajstić information content (AvgIpc) is 2.95. The van der Waals surface area contributed by atoms with E-state index in [1.165, 1.54) is 11.6 Å². The molecule has 0 spiro atoms. The number of nitrogens with zero attached hydrogens (tertiary/aromatic N) is 4. The third kappa shape index (κ3) is 3.56. The Labute approximate surface area is 151 Å². The van der Waals surface area contributed by atoms with Gasteiger partial charge in [-0.2, -0.15) is 0 Å². The van der Waals surface area contributed by atoms with E-state index in [1.807, 2.05) is 32.0 Å². The molecule has 0 bridgehead atoms. The summed E-state index contributed by atoms with van der Waals surface area (Å²) in [6, 6.07) is 8.99. The van der Waals surface area contributed by atoms with Gasteiger partial charge in [0.05, 0.1) is 24.4 Å². The van der Waals surface area contributed by atoms with Crippen molar-refractivity contribution in [1.29, 1.82) is 0 Å². The number of hydrogen-bond acceptors (Lipinski definition) is 6. The average molecular weight is 352 g/mol. The fourth-order valence-corrected chi connectivity index (χ4v) is 2.55. The van der Waals surface area contributed by atoms with Crippen LogP contribution in [0.3, 0.4) is 0 Å². The number of esters is 1. The number of fused-ring (bicyclic) bond motifs is 1. The second kappa shape index (κ2) is 7.35. The van der Waals surface area contributed by atoms with Gasteiger partial charge in [-0.1, -0.05) is 6.07 Å². The quantitative estimate of drug-likeness (QED) is 0.551. The van der Waals surface area contributed by atoms with E-state index in [9.17, 15) is 9.90 Å². The molecule has 2 aromatic heterocycles. The Morgan fingerprint density at radius 1 is 1.23 bits per heavy atom. The lowest BCUT2D eigenvalue weighted by molar-refractivity contribution is -0.142. The van der Waals surface area contributed by atoms with Gasteiger partial charge in [0.25, 0.3) is 0 Å². The number of ether oxygens (including phenoxy) is 1. The van der Waals surface area contributed by atoms with Crippen LogP contribution in [0.1, 0.15) is 23.7 Å². The minimum atomic E-state index is -0.405. The standard InChI is InChI=1S/C19H20N4O3/c1-4-26-17(25)11-15-18(23-9-5-6-16(24)19(23)20-15)22-21-14-8-7-12(2)13(3)10-14/h5-10,24H,4,11H2,1-3H3. The summed E-state index contributed by atoms with van der Waals surface area (Å²) in [4.78, 5) is 16.2. The summed E-state index contributed by atoms with van der Waals surface area (Å²) in [7, 11) is 0. The first-order valence-corrected chi connectivity index (χ1v) is 8.33. The zero-order valence-corrected chi connectivity index (χ0v) is 14.9. The molecule has 0 saturated heterocycles. The number of pyridine rings is 1. The number of imidazole rings is 1. The minimum Gasteiger partial charge on any atom is -0.504 e. The van der Waals surface area contributed by atoms with Crippen LogP contribution in [-0.2, 0) is 16.0 Å². The van der Waals surface area contributed by atoms with Crippen molar-refractivity contribution in [2.24, 2.45) is 10.2 Å². The van der Waals surface area contributed by atoms with E-state index in [0.717, 1.165) is 5.56 Å². The third-order valence-corrected chi connectivity index (χ3v) is 4.04. The first kappa shape index (κ1) is 17.6. The van der Waals surface area contributed by atoms with Gasteiger partial charge in [0, 0.05) is 6.20 Å². The molecule has 2 heterocycles. The number of carbonyl (C=O) groups is 1. The molecule has 0 amide bonds. The molecule has 7 heteroatoms. The number of aromatic hydroxyl groups is 1. The molecule has 1 aromatic carbocycles. The van der Waals surface area contributed by atoms with E-state index in [0.29, 0.717) is 22.8 Å². The molecular weight excluding hydrogens is 332 g/mol. The number of aryl methyl sites for hydroxylation is 2. The fraction of sp³-hybridized carbons (Fsp3) is 0.263. The van der Waals surface area contributed by atoms with E-state index in [4.69, 9.17) is 4.74 Å². The van der Waals surface area contributed by atoms with E-state index in [2.05, 4.69) is 15.2 Å². The highest BCUT2D eigenvalue weighted by atomic mass is 16.5. The zero-order chi connectivity index (χ0) is 18.7. The highest BCUT2D eigenvalue weighted by Crippen LogP contribution is 2.29. The van der Waals surface area contributed by atoms with Crippen molar-refractivity contribution in [3.63, 3.8) is 0 Å². The van der Waals surface area contributed by atoms with Gasteiger partial charge >= 0.3 is 5.97 Å². The van der Waals surface area contributed by atoms with Gasteiger partial charge in [0.1, 0.15) is 0 Å². The van der Waals surface area contributed by atoms with Crippen LogP contribution in [-0.4, -0.2) is 27.1 Å². The van der Waals surface area contributed by atoms with Crippen LogP contribution in [0.15, 0.2) is 46.8 Å². The van der Waals surface area contributed by atoms with Crippen molar-refractivity contribution in [2.75, 3.05) is 6.61 Å². The molecule has 3 aromatic rings. The van der Waals surface area contributed by atoms with Crippen LogP contribution < -0.4 is 0 Å². The predicted octanol–water partition coefficient (Wildman–Crippen LogP) is 4.18. The molecule has 0 fully saturated rings. The van der Waals surface area contributed by atoms with Crippen molar-refractivity contribution >= 4 is 23.1 Å². The van der Waals surface area contributed by atoms with E-state index in [-0.39, 0.29) is 18.8 Å². The Morgan fingerprint density at radius 3 is 2.77 bits per heavy atom. The summed E-state index contributed by atoms with van der Waals surface area (Å²) >= 11 is 0. The molecule has 26 heavy (non-hydrogen) atoms. The molecule has 0 atom stereocenters. The minimum absolute atomic E-state index is 0.00485. The number of carbonyl (C=O) groups excluding carboxylic acids is 1. The maximum Gasteiger partial charge on any atom is 0.312 e. The maximum atomic E-state index is 11.9. The maximum absolute atomic E-state index is 11.9. The second-order valence-electron chi connectivity index (χ2n) is 5.92. The summed E-state index contributed by atoms with van der Waals surface area (Å²) in [6.45, 7) is 6.07. The molecule has 7 nitrogen and oxygen atoms in total. The molecule has 1 N–H and O–H groups in total. The summed E-state index contributed by atoms with van der Waals surface area (Å²) < 4.78 is 6.60. The number of benzene rings is 1. The molecule has 0 radical (unpaired) electrons. The largest absolute Gasteiger partial charge is 0.504 e. The number of rotatable bonds is 5. The van der Waals surface area contributed by atoms with E-state index in [1.54, 1.807) is 23.6 Å². The summed E-state index contributed by atoms with van der Waals surface area (Å²) in [5.74, 6) is -0.00885. The lowest BCUT2D eigenvalue weighted by atomic mass is 10.1. The highest BCUT2D eigenvalue weighted by Gasteiger charge is 2.18. The van der Waals surface area contributed by atoms with Gasteiger partial charge in [-0.3, -0.25) is 9.20 Å². The van der Waals surface area contributed by atoms with Gasteiger partial charge in [-0.15, -0.1) is 10.2 Å². The topological polar surface area (TPSA) is 88.5 Å². The Bertz CT molecular complexity index is 992. The molecule has 3 rings (SSSR count). The van der Waals surface area contributed by atoms with Crippen molar-refractivity contribution < 1.29 is 14.6 Å². The van der Waals surface area contributed by atoms with Crippen LogP contribution in [0.2, 0.25) is 0 Å². The zero-order valence-electron chi connectivity index (χ0n) is 14.9. The fourth-order valence-electron chi connectivity index (χ4n) is 2.55. The predicted molar refractivity (Wildman–Crippen MR) is 97.3 cm³/mol. The highest BCUT2D eigenvalue weighted by molar-refractivity contribution is 5.75. The van der Waals surface area contributed by atoms with Crippen LogP contribution >= 0.6 is 0 Å². The SMILES string of the molecule is CCOC(=O)Cc1nc2c(O)cccn2c1N=Nc1ccc(C)c(C)c1.